The van der Waals surface area contributed by atoms with E-state index in [9.17, 15) is 0 Å². The number of amidine groups is 1. The summed E-state index contributed by atoms with van der Waals surface area (Å²) < 4.78 is 1.93. The normalized spacial score (nSPS) is 14.2. The Morgan fingerprint density at radius 1 is 1.05 bits per heavy atom. The van der Waals surface area contributed by atoms with Gasteiger partial charge in [0.05, 0.1) is 18.6 Å². The van der Waals surface area contributed by atoms with Crippen molar-refractivity contribution in [3.05, 3.63) is 59.7 Å². The van der Waals surface area contributed by atoms with Crippen molar-refractivity contribution >= 4 is 16.9 Å². The summed E-state index contributed by atoms with van der Waals surface area (Å²) in [5.41, 5.74) is 4.32. The number of para-hydroxylation sites is 1. The fourth-order valence-corrected chi connectivity index (χ4v) is 2.66. The predicted octanol–water partition coefficient (Wildman–Crippen LogP) is 1.83. The van der Waals surface area contributed by atoms with Crippen molar-refractivity contribution in [2.45, 2.75) is 6.54 Å². The van der Waals surface area contributed by atoms with Gasteiger partial charge in [-0.1, -0.05) is 41.6 Å². The van der Waals surface area contributed by atoms with Crippen molar-refractivity contribution in [1.82, 2.24) is 20.3 Å². The standard InChI is InChI=1S/C16H15N5/c1-2-6-13(16-17-9-10-18-16)12(5-1)11-21-15-8-4-3-7-14(15)19-20-21/h1-8H,9-11H2,(H,17,18). The number of nitrogens with zero attached hydrogens (tertiary/aromatic N) is 4. The van der Waals surface area contributed by atoms with Crippen LogP contribution in [-0.2, 0) is 6.54 Å². The maximum atomic E-state index is 4.52. The quantitative estimate of drug-likeness (QED) is 0.794. The second-order valence-electron chi connectivity index (χ2n) is 5.05. The number of benzene rings is 2. The van der Waals surface area contributed by atoms with Crippen LogP contribution in [-0.4, -0.2) is 33.9 Å². The summed E-state index contributed by atoms with van der Waals surface area (Å²) in [6, 6.07) is 16.3. The lowest BCUT2D eigenvalue weighted by Gasteiger charge is -2.10. The van der Waals surface area contributed by atoms with Crippen molar-refractivity contribution < 1.29 is 0 Å². The Morgan fingerprint density at radius 2 is 1.90 bits per heavy atom. The first-order valence-corrected chi connectivity index (χ1v) is 7.07. The van der Waals surface area contributed by atoms with Gasteiger partial charge in [-0.2, -0.15) is 0 Å². The number of hydrogen-bond donors (Lipinski definition) is 1. The third-order valence-corrected chi connectivity index (χ3v) is 3.69. The van der Waals surface area contributed by atoms with Gasteiger partial charge in [0.25, 0.3) is 0 Å². The Balaban J connectivity index is 1.74. The van der Waals surface area contributed by atoms with E-state index in [-0.39, 0.29) is 0 Å². The molecule has 1 aromatic heterocycles. The Hall–Kier alpha value is -2.69. The van der Waals surface area contributed by atoms with Gasteiger partial charge in [-0.05, 0) is 17.7 Å². The molecule has 2 aromatic carbocycles. The minimum absolute atomic E-state index is 0.692. The van der Waals surface area contributed by atoms with Gasteiger partial charge in [0.2, 0.25) is 0 Å². The van der Waals surface area contributed by atoms with Crippen molar-refractivity contribution in [2.75, 3.05) is 13.1 Å². The zero-order valence-corrected chi connectivity index (χ0v) is 11.5. The molecule has 0 radical (unpaired) electrons. The molecule has 0 spiro atoms. The molecule has 21 heavy (non-hydrogen) atoms. The van der Waals surface area contributed by atoms with E-state index >= 15 is 0 Å². The average molecular weight is 277 g/mol. The molecule has 0 aliphatic carbocycles. The predicted molar refractivity (Wildman–Crippen MR) is 82.5 cm³/mol. The van der Waals surface area contributed by atoms with Crippen LogP contribution in [0.3, 0.4) is 0 Å². The number of fused-ring (bicyclic) bond motifs is 1. The maximum Gasteiger partial charge on any atom is 0.128 e. The smallest absolute Gasteiger partial charge is 0.128 e. The van der Waals surface area contributed by atoms with Crippen LogP contribution in [0.15, 0.2) is 53.5 Å². The van der Waals surface area contributed by atoms with Gasteiger partial charge < -0.3 is 5.32 Å². The lowest BCUT2D eigenvalue weighted by Crippen LogP contribution is -2.21. The zero-order valence-electron chi connectivity index (χ0n) is 11.5. The van der Waals surface area contributed by atoms with Gasteiger partial charge in [0.15, 0.2) is 0 Å². The highest BCUT2D eigenvalue weighted by Gasteiger charge is 2.13. The molecule has 5 heteroatoms. The highest BCUT2D eigenvalue weighted by atomic mass is 15.4. The average Bonchev–Trinajstić information content (AvgIpc) is 3.18. The second kappa shape index (κ2) is 5.01. The van der Waals surface area contributed by atoms with Crippen molar-refractivity contribution in [3.8, 4) is 0 Å². The van der Waals surface area contributed by atoms with Crippen LogP contribution in [0.2, 0.25) is 0 Å². The van der Waals surface area contributed by atoms with E-state index in [1.54, 1.807) is 0 Å². The molecule has 0 saturated heterocycles. The van der Waals surface area contributed by atoms with Crippen LogP contribution in [0.1, 0.15) is 11.1 Å². The first kappa shape index (κ1) is 12.1. The fourth-order valence-electron chi connectivity index (χ4n) is 2.66. The first-order valence-electron chi connectivity index (χ1n) is 7.07. The molecule has 5 nitrogen and oxygen atoms in total. The molecule has 0 amide bonds. The molecule has 0 unspecified atom stereocenters. The summed E-state index contributed by atoms with van der Waals surface area (Å²) >= 11 is 0. The molecule has 3 aromatic rings. The number of aliphatic imine (C=N–C) groups is 1. The van der Waals surface area contributed by atoms with Crippen LogP contribution >= 0.6 is 0 Å². The summed E-state index contributed by atoms with van der Waals surface area (Å²) in [4.78, 5) is 4.52. The fraction of sp³-hybridized carbons (Fsp3) is 0.188. The topological polar surface area (TPSA) is 55.1 Å². The maximum absolute atomic E-state index is 4.52. The third-order valence-electron chi connectivity index (χ3n) is 3.69. The van der Waals surface area contributed by atoms with Crippen molar-refractivity contribution in [3.63, 3.8) is 0 Å². The van der Waals surface area contributed by atoms with Crippen LogP contribution in [0.5, 0.6) is 0 Å². The van der Waals surface area contributed by atoms with Crippen molar-refractivity contribution in [2.24, 2.45) is 4.99 Å². The van der Waals surface area contributed by atoms with E-state index < -0.39 is 0 Å². The molecular formula is C16H15N5. The number of aromatic nitrogens is 3. The Kier molecular flexibility index (Phi) is 2.88. The second-order valence-corrected chi connectivity index (χ2v) is 5.05. The van der Waals surface area contributed by atoms with E-state index in [4.69, 9.17) is 0 Å². The zero-order chi connectivity index (χ0) is 14.1. The molecule has 1 N–H and O–H groups in total. The van der Waals surface area contributed by atoms with Crippen molar-refractivity contribution in [1.29, 1.82) is 0 Å². The van der Waals surface area contributed by atoms with Gasteiger partial charge in [0, 0.05) is 12.1 Å². The highest BCUT2D eigenvalue weighted by molar-refractivity contribution is 6.01. The molecule has 0 bridgehead atoms. The van der Waals surface area contributed by atoms with Gasteiger partial charge in [-0.25, -0.2) is 4.68 Å². The lowest BCUT2D eigenvalue weighted by molar-refractivity contribution is 0.669. The minimum atomic E-state index is 0.692. The molecule has 1 aliphatic heterocycles. The van der Waals surface area contributed by atoms with Gasteiger partial charge in [0.1, 0.15) is 11.4 Å². The Bertz CT molecular complexity index is 818. The number of rotatable bonds is 3. The molecule has 0 atom stereocenters. The van der Waals surface area contributed by atoms with E-state index in [2.05, 4.69) is 32.8 Å². The van der Waals surface area contributed by atoms with Gasteiger partial charge >= 0.3 is 0 Å². The summed E-state index contributed by atoms with van der Waals surface area (Å²) in [7, 11) is 0. The number of nitrogens with one attached hydrogen (secondary N) is 1. The van der Waals surface area contributed by atoms with E-state index in [0.29, 0.717) is 6.54 Å². The lowest BCUT2D eigenvalue weighted by atomic mass is 10.1. The molecular weight excluding hydrogens is 262 g/mol. The molecule has 0 saturated carbocycles. The molecule has 2 heterocycles. The highest BCUT2D eigenvalue weighted by Crippen LogP contribution is 2.16. The van der Waals surface area contributed by atoms with E-state index in [1.165, 1.54) is 5.56 Å². The summed E-state index contributed by atoms with van der Waals surface area (Å²) in [5, 5.41) is 11.8. The molecule has 1 aliphatic rings. The van der Waals surface area contributed by atoms with Crippen LogP contribution in [0.4, 0.5) is 0 Å². The van der Waals surface area contributed by atoms with Crippen LogP contribution < -0.4 is 5.32 Å². The van der Waals surface area contributed by atoms with Gasteiger partial charge in [-0.15, -0.1) is 5.10 Å². The van der Waals surface area contributed by atoms with E-state index in [1.807, 2.05) is 41.1 Å². The molecule has 4 rings (SSSR count). The largest absolute Gasteiger partial charge is 0.368 e. The minimum Gasteiger partial charge on any atom is -0.368 e. The monoisotopic (exact) mass is 277 g/mol. The first-order chi connectivity index (χ1) is 10.4. The molecule has 0 fully saturated rings. The molecule has 104 valence electrons. The summed E-state index contributed by atoms with van der Waals surface area (Å²) in [6.07, 6.45) is 0. The SMILES string of the molecule is c1ccc(C2=NCCN2)c(Cn2nnc3ccccc32)c1. The Labute approximate surface area is 122 Å². The Morgan fingerprint density at radius 3 is 2.81 bits per heavy atom. The van der Waals surface area contributed by atoms with Crippen LogP contribution in [0, 0.1) is 0 Å². The third kappa shape index (κ3) is 2.16. The van der Waals surface area contributed by atoms with Gasteiger partial charge in [-0.3, -0.25) is 4.99 Å². The number of hydrogen-bond acceptors (Lipinski definition) is 4. The summed E-state index contributed by atoms with van der Waals surface area (Å²) in [6.45, 7) is 2.45. The van der Waals surface area contributed by atoms with E-state index in [0.717, 1.165) is 35.5 Å². The summed E-state index contributed by atoms with van der Waals surface area (Å²) in [5.74, 6) is 0.982. The van der Waals surface area contributed by atoms with Crippen LogP contribution in [0.25, 0.3) is 11.0 Å².